The van der Waals surface area contributed by atoms with Gasteiger partial charge in [0.05, 0.1) is 0 Å². The van der Waals surface area contributed by atoms with Gasteiger partial charge in [0, 0.05) is 32.7 Å². The van der Waals surface area contributed by atoms with E-state index in [1.54, 1.807) is 0 Å². The van der Waals surface area contributed by atoms with Gasteiger partial charge in [-0.3, -0.25) is 4.79 Å². The van der Waals surface area contributed by atoms with Gasteiger partial charge in [0.1, 0.15) is 0 Å². The summed E-state index contributed by atoms with van der Waals surface area (Å²) in [6.07, 6.45) is 3.20. The molecule has 2 aromatic rings. The first-order valence-corrected chi connectivity index (χ1v) is 12.7. The molecule has 1 fully saturated rings. The summed E-state index contributed by atoms with van der Waals surface area (Å²) in [6.45, 7) is 3.05. The van der Waals surface area contributed by atoms with Crippen LogP contribution in [-0.4, -0.2) is 84.5 Å². The molecule has 8 N–H and O–H groups in total. The number of halogens is 1. The topological polar surface area (TPSA) is 181 Å². The van der Waals surface area contributed by atoms with E-state index in [4.69, 9.17) is 28.8 Å². The lowest BCUT2D eigenvalue weighted by Gasteiger charge is -2.42. The van der Waals surface area contributed by atoms with Gasteiger partial charge >= 0.3 is 11.9 Å². The van der Waals surface area contributed by atoms with Crippen LogP contribution in [0.4, 0.5) is 16.4 Å². The molecule has 13 heteroatoms. The second-order valence-corrected chi connectivity index (χ2v) is 10.0. The molecule has 0 aliphatic carbocycles. The van der Waals surface area contributed by atoms with Crippen LogP contribution in [0.5, 0.6) is 0 Å². The van der Waals surface area contributed by atoms with Crippen molar-refractivity contribution in [3.05, 3.63) is 46.7 Å². The van der Waals surface area contributed by atoms with Crippen molar-refractivity contribution >= 4 is 41.1 Å². The third-order valence-electron chi connectivity index (χ3n) is 6.59. The lowest BCUT2D eigenvalue weighted by molar-refractivity contribution is 0.0995. The molecular formula is C25H35ClN10O2. The van der Waals surface area contributed by atoms with Crippen LogP contribution in [0, 0.1) is 17.5 Å². The first-order valence-electron chi connectivity index (χ1n) is 12.3. The molecular weight excluding hydrogens is 508 g/mol. The maximum Gasteiger partial charge on any atom is 0.317 e. The Kier molecular flexibility index (Phi) is 9.92. The Morgan fingerprint density at radius 2 is 1.92 bits per heavy atom. The number of urea groups is 1. The van der Waals surface area contributed by atoms with E-state index in [2.05, 4.69) is 37.7 Å². The first-order chi connectivity index (χ1) is 18.1. The normalized spacial score (nSPS) is 15.2. The van der Waals surface area contributed by atoms with Crippen molar-refractivity contribution in [1.29, 1.82) is 0 Å². The predicted octanol–water partition coefficient (Wildman–Crippen LogP) is 0.925. The van der Waals surface area contributed by atoms with Crippen LogP contribution in [0.25, 0.3) is 0 Å². The van der Waals surface area contributed by atoms with E-state index in [0.717, 1.165) is 37.8 Å². The van der Waals surface area contributed by atoms with Crippen LogP contribution in [0.1, 0.15) is 35.3 Å². The number of likely N-dealkylation sites (tertiary alicyclic amines) is 1. The summed E-state index contributed by atoms with van der Waals surface area (Å²) in [6, 6.07) is 11.6. The van der Waals surface area contributed by atoms with Gasteiger partial charge in [-0.1, -0.05) is 29.8 Å². The zero-order valence-corrected chi connectivity index (χ0v) is 22.5. The number of nitrogen functional groups attached to an aromatic ring is 2. The second-order valence-electron chi connectivity index (χ2n) is 9.65. The van der Waals surface area contributed by atoms with Gasteiger partial charge in [0.15, 0.2) is 28.4 Å². The molecule has 38 heavy (non-hydrogen) atoms. The fourth-order valence-corrected chi connectivity index (χ4v) is 4.35. The van der Waals surface area contributed by atoms with E-state index < -0.39 is 5.91 Å². The number of piperidine rings is 1. The minimum Gasteiger partial charge on any atom is -0.382 e. The number of likely N-dealkylation sites (N-methyl/N-ethyl adjacent to an activating group) is 1. The van der Waals surface area contributed by atoms with Crippen LogP contribution in [0.15, 0.2) is 23.2 Å². The number of aliphatic imine (C=N–C) groups is 1. The van der Waals surface area contributed by atoms with Crippen molar-refractivity contribution < 1.29 is 9.59 Å². The highest BCUT2D eigenvalue weighted by molar-refractivity contribution is 6.31. The zero-order valence-electron chi connectivity index (χ0n) is 21.8. The summed E-state index contributed by atoms with van der Waals surface area (Å²) in [5.41, 5.74) is 18.1. The number of anilines is 2. The maximum absolute atomic E-state index is 12.6. The molecule has 1 aliphatic heterocycles. The van der Waals surface area contributed by atoms with Crippen molar-refractivity contribution in [2.45, 2.75) is 25.7 Å². The monoisotopic (exact) mass is 542 g/mol. The van der Waals surface area contributed by atoms with Gasteiger partial charge in [-0.2, -0.15) is 4.99 Å². The van der Waals surface area contributed by atoms with Crippen LogP contribution < -0.4 is 27.8 Å². The minimum atomic E-state index is -0.781. The highest BCUT2D eigenvalue weighted by Crippen LogP contribution is 2.35. The largest absolute Gasteiger partial charge is 0.382 e. The SMILES string of the molecule is CN(C)CCNC(=O)N1CCC(CCc2cc#ccc2)(CN/C(N)=N/C(=O)c2nc(Cl)c(N)nc2N)CC1. The summed E-state index contributed by atoms with van der Waals surface area (Å²) < 4.78 is 0. The Labute approximate surface area is 228 Å². The number of carbonyl (C=O) groups excluding carboxylic acids is 2. The molecule has 204 valence electrons. The summed E-state index contributed by atoms with van der Waals surface area (Å²) >= 11 is 5.87. The Bertz CT molecular complexity index is 1130. The number of nitrogens with zero attached hydrogens (tertiary/aromatic N) is 5. The molecule has 0 saturated carbocycles. The number of hydrogen-bond acceptors (Lipinski definition) is 7. The average Bonchev–Trinajstić information content (AvgIpc) is 2.89. The summed E-state index contributed by atoms with van der Waals surface area (Å²) in [5.74, 6) is -1.12. The molecule has 3 rings (SSSR count). The molecule has 1 aromatic heterocycles. The molecule has 1 aliphatic rings. The number of guanidine groups is 1. The zero-order chi connectivity index (χ0) is 27.7. The van der Waals surface area contributed by atoms with E-state index in [1.165, 1.54) is 0 Å². The maximum atomic E-state index is 12.6. The highest BCUT2D eigenvalue weighted by atomic mass is 35.5. The highest BCUT2D eigenvalue weighted by Gasteiger charge is 2.36. The van der Waals surface area contributed by atoms with Gasteiger partial charge in [-0.25, -0.2) is 14.8 Å². The fraction of sp³-hybridized carbons (Fsp3) is 0.480. The van der Waals surface area contributed by atoms with Gasteiger partial charge in [0.25, 0.3) is 0 Å². The molecule has 12 nitrogen and oxygen atoms in total. The molecule has 2 heterocycles. The third-order valence-corrected chi connectivity index (χ3v) is 6.86. The third kappa shape index (κ3) is 8.09. The number of nitrogens with two attached hydrogens (primary N) is 3. The molecule has 0 bridgehead atoms. The summed E-state index contributed by atoms with van der Waals surface area (Å²) in [7, 11) is 3.93. The molecule has 1 aromatic carbocycles. The van der Waals surface area contributed by atoms with E-state index >= 15 is 0 Å². The van der Waals surface area contributed by atoms with Crippen LogP contribution >= 0.6 is 11.6 Å². The predicted molar refractivity (Wildman–Crippen MR) is 147 cm³/mol. The molecule has 1 saturated heterocycles. The van der Waals surface area contributed by atoms with Crippen molar-refractivity contribution in [2.75, 3.05) is 58.3 Å². The van der Waals surface area contributed by atoms with Crippen molar-refractivity contribution in [1.82, 2.24) is 30.4 Å². The Morgan fingerprint density at radius 3 is 2.58 bits per heavy atom. The Morgan fingerprint density at radius 1 is 1.18 bits per heavy atom. The van der Waals surface area contributed by atoms with Crippen LogP contribution in [0.3, 0.4) is 0 Å². The molecule has 3 amide bonds. The van der Waals surface area contributed by atoms with E-state index in [0.29, 0.717) is 26.2 Å². The average molecular weight is 543 g/mol. The second kappa shape index (κ2) is 13.1. The fourth-order valence-electron chi connectivity index (χ4n) is 4.22. The number of nitrogens with one attached hydrogen (secondary N) is 2. The number of amides is 3. The number of rotatable bonds is 9. The van der Waals surface area contributed by atoms with Crippen molar-refractivity contribution in [2.24, 2.45) is 16.1 Å². The number of carbonyl (C=O) groups is 2. The number of hydrogen-bond donors (Lipinski definition) is 5. The summed E-state index contributed by atoms with van der Waals surface area (Å²) in [5, 5.41) is 5.92. The molecule has 0 atom stereocenters. The van der Waals surface area contributed by atoms with Gasteiger partial charge in [-0.05, 0) is 62.9 Å². The van der Waals surface area contributed by atoms with Crippen LogP contribution in [0.2, 0.25) is 5.15 Å². The smallest absolute Gasteiger partial charge is 0.317 e. The first kappa shape index (κ1) is 28.7. The van der Waals surface area contributed by atoms with Gasteiger partial charge < -0.3 is 37.6 Å². The quantitative estimate of drug-likeness (QED) is 0.227. The van der Waals surface area contributed by atoms with Gasteiger partial charge in [0.2, 0.25) is 0 Å². The van der Waals surface area contributed by atoms with Crippen LogP contribution in [-0.2, 0) is 6.42 Å². The molecule has 0 unspecified atom stereocenters. The number of aromatic nitrogens is 2. The standard InChI is InChI=1S/C25H35ClN10O2/c1-35(2)15-12-30-24(38)36-13-10-25(11-14-36,9-8-17-6-4-3-5-7-17)16-31-23(29)34-22(37)18-20(27)33-21(28)19(26)32-18/h4,6-7H,8-16H2,1-2H3,(H,30,38)(H4,27,28,33)(H3,29,31,34,37). The van der Waals surface area contributed by atoms with Gasteiger partial charge in [-0.15, -0.1) is 0 Å². The Balaban J connectivity index is 1.66. The lowest BCUT2D eigenvalue weighted by Crippen LogP contribution is -2.51. The molecule has 0 spiro atoms. The lowest BCUT2D eigenvalue weighted by atomic mass is 9.74. The van der Waals surface area contributed by atoms with Crippen molar-refractivity contribution in [3.63, 3.8) is 0 Å². The minimum absolute atomic E-state index is 0.0610. The van der Waals surface area contributed by atoms with E-state index in [-0.39, 0.29) is 39.9 Å². The van der Waals surface area contributed by atoms with E-state index in [1.807, 2.05) is 42.1 Å². The Hall–Kier alpha value is -3.82. The van der Waals surface area contributed by atoms with Crippen molar-refractivity contribution in [3.8, 4) is 0 Å². The number of aryl methyl sites for hydroxylation is 1. The summed E-state index contributed by atoms with van der Waals surface area (Å²) in [4.78, 5) is 40.6. The molecule has 0 radical (unpaired) electrons. The van der Waals surface area contributed by atoms with E-state index in [9.17, 15) is 9.59 Å².